The molecule has 4 heteroatoms. The minimum absolute atomic E-state index is 0.798. The Morgan fingerprint density at radius 1 is 1.06 bits per heavy atom. The smallest absolute Gasteiger partial charge is 0.320 e. The molecule has 96 valence electrons. The van der Waals surface area contributed by atoms with Crippen LogP contribution in [0.3, 0.4) is 0 Å². The molecule has 1 fully saturated rings. The maximum atomic E-state index is 5.29. The van der Waals surface area contributed by atoms with Crippen LogP contribution < -0.4 is 5.32 Å². The summed E-state index contributed by atoms with van der Waals surface area (Å²) in [6.45, 7) is 1.17. The zero-order chi connectivity index (χ0) is 11.6. The van der Waals surface area contributed by atoms with E-state index in [0.717, 1.165) is 12.1 Å². The predicted octanol–water partition coefficient (Wildman–Crippen LogP) is 2.20. The molecule has 0 bridgehead atoms. The van der Waals surface area contributed by atoms with Gasteiger partial charge in [0.1, 0.15) is 0 Å². The Morgan fingerprint density at radius 3 is 2.38 bits per heavy atom. The van der Waals surface area contributed by atoms with Gasteiger partial charge in [0.15, 0.2) is 0 Å². The van der Waals surface area contributed by atoms with Gasteiger partial charge in [-0.15, -0.1) is 0 Å². The van der Waals surface area contributed by atoms with Crippen molar-refractivity contribution < 1.29 is 8.85 Å². The van der Waals surface area contributed by atoms with Crippen molar-refractivity contribution in [3.8, 4) is 0 Å². The summed E-state index contributed by atoms with van der Waals surface area (Å²) in [6, 6.07) is 1.94. The molecular weight excluding hydrogens is 218 g/mol. The molecule has 16 heavy (non-hydrogen) atoms. The van der Waals surface area contributed by atoms with E-state index in [2.05, 4.69) is 5.32 Å². The first-order valence-corrected chi connectivity index (χ1v) is 8.41. The van der Waals surface area contributed by atoms with Crippen LogP contribution >= 0.6 is 0 Å². The molecule has 0 atom stereocenters. The molecule has 1 saturated carbocycles. The van der Waals surface area contributed by atoms with E-state index in [1.54, 1.807) is 14.2 Å². The van der Waals surface area contributed by atoms with Crippen molar-refractivity contribution in [1.29, 1.82) is 0 Å². The largest absolute Gasteiger partial charge is 0.400 e. The van der Waals surface area contributed by atoms with E-state index in [4.69, 9.17) is 8.85 Å². The Labute approximate surface area is 102 Å². The van der Waals surface area contributed by atoms with Gasteiger partial charge in [-0.1, -0.05) is 25.7 Å². The van der Waals surface area contributed by atoms with Crippen molar-refractivity contribution in [2.75, 3.05) is 20.8 Å². The molecule has 1 rings (SSSR count). The molecule has 0 spiro atoms. The van der Waals surface area contributed by atoms with Crippen molar-refractivity contribution >= 4 is 9.28 Å². The Kier molecular flexibility index (Phi) is 8.11. The summed E-state index contributed by atoms with van der Waals surface area (Å²) in [7, 11) is 2.23. The van der Waals surface area contributed by atoms with E-state index < -0.39 is 9.28 Å². The highest BCUT2D eigenvalue weighted by Gasteiger charge is 2.12. The number of rotatable bonds is 8. The third-order valence-electron chi connectivity index (χ3n) is 3.43. The highest BCUT2D eigenvalue weighted by Crippen LogP contribution is 2.17. The third kappa shape index (κ3) is 5.99. The summed E-state index contributed by atoms with van der Waals surface area (Å²) in [4.78, 5) is 0. The van der Waals surface area contributed by atoms with E-state index in [1.165, 1.54) is 51.5 Å². The minimum atomic E-state index is -1.30. The van der Waals surface area contributed by atoms with Crippen molar-refractivity contribution in [3.05, 3.63) is 0 Å². The lowest BCUT2D eigenvalue weighted by atomic mass is 9.95. The SMILES string of the molecule is CO[SiH](CCCCNC1CCCCC1)OC. The molecule has 0 amide bonds. The summed E-state index contributed by atoms with van der Waals surface area (Å²) in [5.74, 6) is 0. The average Bonchev–Trinajstić information content (AvgIpc) is 2.35. The van der Waals surface area contributed by atoms with Crippen LogP contribution in [0.15, 0.2) is 0 Å². The van der Waals surface area contributed by atoms with Crippen LogP contribution in [0.4, 0.5) is 0 Å². The van der Waals surface area contributed by atoms with Crippen LogP contribution in [0.5, 0.6) is 0 Å². The van der Waals surface area contributed by atoms with Crippen LogP contribution in [0.2, 0.25) is 6.04 Å². The zero-order valence-corrected chi connectivity index (χ0v) is 12.0. The van der Waals surface area contributed by atoms with Crippen molar-refractivity contribution in [2.45, 2.75) is 57.0 Å². The summed E-state index contributed by atoms with van der Waals surface area (Å²) in [5.41, 5.74) is 0. The second-order valence-corrected chi connectivity index (χ2v) is 7.07. The Morgan fingerprint density at radius 2 is 1.75 bits per heavy atom. The first-order chi connectivity index (χ1) is 7.86. The minimum Gasteiger partial charge on any atom is -0.400 e. The first-order valence-electron chi connectivity index (χ1n) is 6.65. The molecule has 0 aromatic rings. The number of unbranched alkanes of at least 4 members (excludes halogenated alkanes) is 1. The second kappa shape index (κ2) is 9.16. The lowest BCUT2D eigenvalue weighted by Crippen LogP contribution is -2.31. The predicted molar refractivity (Wildman–Crippen MR) is 70.1 cm³/mol. The fraction of sp³-hybridized carbons (Fsp3) is 1.00. The van der Waals surface area contributed by atoms with Crippen molar-refractivity contribution in [2.24, 2.45) is 0 Å². The van der Waals surface area contributed by atoms with Gasteiger partial charge in [0.2, 0.25) is 0 Å². The molecule has 0 saturated heterocycles. The van der Waals surface area contributed by atoms with Gasteiger partial charge in [0.25, 0.3) is 0 Å². The van der Waals surface area contributed by atoms with E-state index >= 15 is 0 Å². The topological polar surface area (TPSA) is 30.5 Å². The molecule has 0 radical (unpaired) electrons. The lowest BCUT2D eigenvalue weighted by Gasteiger charge is -2.22. The van der Waals surface area contributed by atoms with Gasteiger partial charge >= 0.3 is 9.28 Å². The fourth-order valence-corrected chi connectivity index (χ4v) is 3.67. The average molecular weight is 245 g/mol. The molecule has 0 aliphatic heterocycles. The molecule has 0 aromatic carbocycles. The quantitative estimate of drug-likeness (QED) is 0.525. The summed E-state index contributed by atoms with van der Waals surface area (Å²) in [5, 5.41) is 3.67. The van der Waals surface area contributed by atoms with Gasteiger partial charge in [-0.25, -0.2) is 0 Å². The van der Waals surface area contributed by atoms with Crippen LogP contribution in [0.25, 0.3) is 0 Å². The Bertz CT molecular complexity index is 159. The monoisotopic (exact) mass is 245 g/mol. The van der Waals surface area contributed by atoms with Gasteiger partial charge in [-0.05, 0) is 31.9 Å². The zero-order valence-electron chi connectivity index (χ0n) is 10.8. The van der Waals surface area contributed by atoms with Crippen LogP contribution in [-0.2, 0) is 8.85 Å². The molecule has 0 unspecified atom stereocenters. The van der Waals surface area contributed by atoms with Crippen molar-refractivity contribution in [1.82, 2.24) is 5.32 Å². The number of hydrogen-bond donors (Lipinski definition) is 1. The van der Waals surface area contributed by atoms with E-state index in [0.29, 0.717) is 0 Å². The first kappa shape index (κ1) is 14.2. The molecule has 1 aliphatic carbocycles. The third-order valence-corrected chi connectivity index (χ3v) is 5.36. The highest BCUT2D eigenvalue weighted by atomic mass is 28.3. The van der Waals surface area contributed by atoms with E-state index in [9.17, 15) is 0 Å². The molecule has 0 aromatic heterocycles. The highest BCUT2D eigenvalue weighted by molar-refractivity contribution is 6.44. The van der Waals surface area contributed by atoms with Gasteiger partial charge in [-0.2, -0.15) is 0 Å². The molecule has 1 aliphatic rings. The van der Waals surface area contributed by atoms with E-state index in [1.807, 2.05) is 0 Å². The lowest BCUT2D eigenvalue weighted by molar-refractivity contribution is 0.276. The molecular formula is C12H27NO2Si. The summed E-state index contributed by atoms with van der Waals surface area (Å²) in [6.07, 6.45) is 9.53. The van der Waals surface area contributed by atoms with E-state index in [-0.39, 0.29) is 0 Å². The van der Waals surface area contributed by atoms with Gasteiger partial charge in [-0.3, -0.25) is 0 Å². The van der Waals surface area contributed by atoms with Crippen LogP contribution in [0.1, 0.15) is 44.9 Å². The maximum Gasteiger partial charge on any atom is 0.320 e. The number of hydrogen-bond acceptors (Lipinski definition) is 3. The van der Waals surface area contributed by atoms with Gasteiger partial charge in [0, 0.05) is 20.3 Å². The fourth-order valence-electron chi connectivity index (χ4n) is 2.38. The Balaban J connectivity index is 1.90. The second-order valence-electron chi connectivity index (χ2n) is 4.69. The van der Waals surface area contributed by atoms with Crippen molar-refractivity contribution in [3.63, 3.8) is 0 Å². The standard InChI is InChI=1S/C12H27NO2Si/c1-14-16(15-2)11-7-6-10-13-12-8-4-3-5-9-12/h12-13,16H,3-11H2,1-2H3. The molecule has 1 N–H and O–H groups in total. The van der Waals surface area contributed by atoms with Crippen LogP contribution in [0, 0.1) is 0 Å². The van der Waals surface area contributed by atoms with Crippen LogP contribution in [-0.4, -0.2) is 36.1 Å². The maximum absolute atomic E-state index is 5.29. The van der Waals surface area contributed by atoms with Gasteiger partial charge < -0.3 is 14.2 Å². The normalized spacial score (nSPS) is 18.2. The van der Waals surface area contributed by atoms with Gasteiger partial charge in [0.05, 0.1) is 0 Å². The summed E-state index contributed by atoms with van der Waals surface area (Å²) < 4.78 is 10.6. The molecule has 0 heterocycles. The Hall–Kier alpha value is 0.0969. The number of nitrogens with one attached hydrogen (secondary N) is 1. The molecule has 3 nitrogen and oxygen atoms in total. The summed E-state index contributed by atoms with van der Waals surface area (Å²) >= 11 is 0.